The lowest BCUT2D eigenvalue weighted by atomic mass is 10.0. The number of thiol groups is 1. The summed E-state index contributed by atoms with van der Waals surface area (Å²) in [5.41, 5.74) is -7.12. The molecule has 0 fully saturated rings. The second kappa shape index (κ2) is 38.5. The lowest BCUT2D eigenvalue weighted by molar-refractivity contribution is -0.143. The Kier molecular flexibility index (Phi) is 30.2. The van der Waals surface area contributed by atoms with E-state index in [0.29, 0.717) is 24.8 Å². The summed E-state index contributed by atoms with van der Waals surface area (Å²) in [6.45, 7) is 7.60. The maximum atomic E-state index is 14.5. The van der Waals surface area contributed by atoms with Gasteiger partial charge >= 0.3 is 27.6 Å². The molecule has 0 amide bonds. The van der Waals surface area contributed by atoms with Gasteiger partial charge in [-0.05, 0) is 113 Å². The van der Waals surface area contributed by atoms with Gasteiger partial charge in [0.05, 0.1) is 44.2 Å². The second-order valence-corrected chi connectivity index (χ2v) is 27.8. The topological polar surface area (TPSA) is 124 Å². The zero-order valence-corrected chi connectivity index (χ0v) is 58.1. The minimum Gasteiger partial charge on any atom is -0.491 e. The molecule has 0 aliphatic carbocycles. The van der Waals surface area contributed by atoms with E-state index in [1.807, 2.05) is 0 Å². The monoisotopic (exact) mass is 1460 g/mol. The third-order valence-corrected chi connectivity index (χ3v) is 20.9. The normalized spacial score (nSPS) is 11.0. The molecule has 0 N–H and O–H groups in total. The molecule has 10 aromatic carbocycles. The van der Waals surface area contributed by atoms with Gasteiger partial charge in [-0.1, -0.05) is 182 Å². The molecule has 0 aromatic heterocycles. The van der Waals surface area contributed by atoms with Crippen LogP contribution in [0, 0.1) is 34.9 Å². The van der Waals surface area contributed by atoms with Crippen LogP contribution in [-0.2, 0) is 29.2 Å². The maximum Gasteiger partial charge on any atom is 0.534 e. The van der Waals surface area contributed by atoms with Gasteiger partial charge in [0.1, 0.15) is 17.3 Å². The molecular formula is C75H67F9O10P2S3. The van der Waals surface area contributed by atoms with E-state index in [1.54, 1.807) is 20.8 Å². The summed E-state index contributed by atoms with van der Waals surface area (Å²) in [6, 6.07) is 71.3. The highest BCUT2D eigenvalue weighted by molar-refractivity contribution is 7.99. The number of carbonyl (C=O) groups excluding carboxylic acids is 2. The average molecular weight is 1460 g/mol. The first kappa shape index (κ1) is 77.6. The molecule has 0 unspecified atom stereocenters. The Balaban J connectivity index is 0.000000203. The van der Waals surface area contributed by atoms with Gasteiger partial charge in [-0.2, -0.15) is 43.0 Å². The molecule has 0 radical (unpaired) electrons. The highest BCUT2D eigenvalue weighted by atomic mass is 32.2. The number of rotatable bonds is 24. The van der Waals surface area contributed by atoms with Gasteiger partial charge in [-0.3, -0.25) is 9.59 Å². The van der Waals surface area contributed by atoms with Crippen molar-refractivity contribution in [1.29, 1.82) is 0 Å². The fraction of sp³-hybridized carbons (Fsp3) is 0.173. The summed E-state index contributed by atoms with van der Waals surface area (Å²) in [5, 5.41) is 7.64. The lowest BCUT2D eigenvalue weighted by Crippen LogP contribution is -2.28. The summed E-state index contributed by atoms with van der Waals surface area (Å²) in [7, 11) is -7.82. The van der Waals surface area contributed by atoms with Gasteiger partial charge in [0.15, 0.2) is 34.7 Å². The number of ether oxygens (including phenoxy) is 5. The first-order valence-electron chi connectivity index (χ1n) is 30.7. The predicted molar refractivity (Wildman–Crippen MR) is 379 cm³/mol. The van der Waals surface area contributed by atoms with Crippen molar-refractivity contribution in [2.75, 3.05) is 37.9 Å². The highest BCUT2D eigenvalue weighted by Gasteiger charge is 2.49. The summed E-state index contributed by atoms with van der Waals surface area (Å²) in [5.74, 6) is -7.34. The Hall–Kier alpha value is -8.78. The molecule has 0 saturated carbocycles. The number of para-hydroxylation sites is 3. The maximum absolute atomic E-state index is 14.5. The Morgan fingerprint density at radius 1 is 0.424 bits per heavy atom. The molecule has 10 rings (SSSR count). The summed E-state index contributed by atoms with van der Waals surface area (Å²) >= 11 is 4.91. The lowest BCUT2D eigenvalue weighted by Gasteiger charge is -2.25. The Morgan fingerprint density at radius 2 is 0.808 bits per heavy atom. The number of hydrogen-bond donors (Lipinski definition) is 1. The molecule has 0 heterocycles. The minimum absolute atomic E-state index is 0.00780. The van der Waals surface area contributed by atoms with Gasteiger partial charge in [-0.15, -0.1) is 11.8 Å². The second-order valence-electron chi connectivity index (χ2n) is 20.3. The summed E-state index contributed by atoms with van der Waals surface area (Å²) < 4.78 is 175. The van der Waals surface area contributed by atoms with Crippen LogP contribution in [0.15, 0.2) is 235 Å². The van der Waals surface area contributed by atoms with E-state index < -0.39 is 95.0 Å². The zero-order valence-electron chi connectivity index (χ0n) is 53.7. The van der Waals surface area contributed by atoms with E-state index in [0.717, 1.165) is 47.5 Å². The van der Waals surface area contributed by atoms with Crippen LogP contribution in [-0.4, -0.2) is 63.8 Å². The van der Waals surface area contributed by atoms with Crippen molar-refractivity contribution in [3.8, 4) is 51.0 Å². The molecule has 0 aliphatic heterocycles. The zero-order chi connectivity index (χ0) is 71.5. The van der Waals surface area contributed by atoms with Crippen LogP contribution in [0.1, 0.15) is 40.5 Å². The van der Waals surface area contributed by atoms with Crippen molar-refractivity contribution in [1.82, 2.24) is 0 Å². The first-order valence-corrected chi connectivity index (χ1v) is 36.4. The van der Waals surface area contributed by atoms with Gasteiger partial charge in [0, 0.05) is 44.4 Å². The van der Waals surface area contributed by atoms with Gasteiger partial charge in [0.2, 0.25) is 11.6 Å². The van der Waals surface area contributed by atoms with Crippen molar-refractivity contribution in [2.24, 2.45) is 0 Å². The van der Waals surface area contributed by atoms with Crippen molar-refractivity contribution in [3.05, 3.63) is 265 Å². The van der Waals surface area contributed by atoms with E-state index >= 15 is 0 Å². The SMILES string of the molecule is CCOC(=O)CCS.CCOC(=O)CCSc1c(F)cccc1-c1ccc(OCC)c(F)c1F.CCOc1ccc(-c2cccc(F)c2OS(=O)(=O)C(F)(F)F)c(F)c1F.c1ccc(P(c2ccccc2)c2ccccc2Oc2ccccc2P(c2ccccc2)c2ccccc2)cc1. The van der Waals surface area contributed by atoms with Crippen molar-refractivity contribution in [3.63, 3.8) is 0 Å². The molecule has 518 valence electrons. The smallest absolute Gasteiger partial charge is 0.491 e. The van der Waals surface area contributed by atoms with Crippen molar-refractivity contribution < 1.29 is 85.4 Å². The van der Waals surface area contributed by atoms with Gasteiger partial charge < -0.3 is 27.9 Å². The third kappa shape index (κ3) is 21.4. The fourth-order valence-electron chi connectivity index (χ4n) is 9.38. The summed E-state index contributed by atoms with van der Waals surface area (Å²) in [6.07, 6.45) is 0.503. The van der Waals surface area contributed by atoms with E-state index in [2.05, 4.69) is 191 Å². The van der Waals surface area contributed by atoms with Crippen molar-refractivity contribution >= 4 is 94.1 Å². The number of carbonyl (C=O) groups is 2. The molecule has 0 saturated heterocycles. The number of alkyl halides is 3. The Morgan fingerprint density at radius 3 is 1.21 bits per heavy atom. The first-order chi connectivity index (χ1) is 47.7. The van der Waals surface area contributed by atoms with Crippen LogP contribution in [0.5, 0.6) is 28.7 Å². The number of halogens is 9. The molecule has 10 nitrogen and oxygen atoms in total. The van der Waals surface area contributed by atoms with Crippen LogP contribution in [0.2, 0.25) is 0 Å². The molecular weight excluding hydrogens is 1390 g/mol. The van der Waals surface area contributed by atoms with E-state index in [9.17, 15) is 57.5 Å². The molecule has 10 aromatic rings. The van der Waals surface area contributed by atoms with Crippen LogP contribution in [0.3, 0.4) is 0 Å². The van der Waals surface area contributed by atoms with Crippen LogP contribution in [0.4, 0.5) is 39.5 Å². The predicted octanol–water partition coefficient (Wildman–Crippen LogP) is 17.5. The molecule has 0 bridgehead atoms. The minimum atomic E-state index is -6.22. The molecule has 0 spiro atoms. The Bertz CT molecular complexity index is 4150. The van der Waals surface area contributed by atoms with Crippen molar-refractivity contribution in [2.45, 2.75) is 50.9 Å². The van der Waals surface area contributed by atoms with E-state index in [1.165, 1.54) is 69.1 Å². The Labute approximate surface area is 581 Å². The van der Waals surface area contributed by atoms with Gasteiger partial charge in [0.25, 0.3) is 0 Å². The largest absolute Gasteiger partial charge is 0.534 e. The fourth-order valence-corrected chi connectivity index (χ4v) is 15.8. The number of thioether (sulfide) groups is 1. The van der Waals surface area contributed by atoms with Gasteiger partial charge in [-0.25, -0.2) is 17.6 Å². The quantitative estimate of drug-likeness (QED) is 0.0118. The standard InChI is InChI=1S/C36H28OP2.C19H19F3O3S.C15H10F6O4S.C5H10O2S/c1-5-17-29(18-6-1)38(30-19-7-2-8-20-30)35-27-15-13-25-33(35)37-34-26-14-16-28-36(34)39(31-21-9-3-10-22-31)32-23-11-4-12-24-32;1-3-24-15-9-8-12(17(21)18(15)22)13-6-5-7-14(20)19(13)26-11-10-16(23)25-4-2;1-2-24-11-7-6-8(12(17)13(11)18)9-4-3-5-10(16)14(9)25-26(22,23)15(19,20)21;1-2-7-5(6)3-4-8/h1-28H;5-9H,3-4,10-11H2,1-2H3;3-7H,2H2,1H3;8H,2-4H2,1H3. The average Bonchev–Trinajstić information content (AvgIpc) is 0.795. The number of benzene rings is 10. The summed E-state index contributed by atoms with van der Waals surface area (Å²) in [4.78, 5) is 21.9. The van der Waals surface area contributed by atoms with Crippen LogP contribution >= 0.6 is 40.2 Å². The van der Waals surface area contributed by atoms with E-state index in [-0.39, 0.29) is 59.7 Å². The molecule has 0 atom stereocenters. The highest BCUT2D eigenvalue weighted by Crippen LogP contribution is 2.43. The molecule has 99 heavy (non-hydrogen) atoms. The number of esters is 2. The molecule has 24 heteroatoms. The van der Waals surface area contributed by atoms with Crippen LogP contribution in [0.25, 0.3) is 22.3 Å². The molecule has 0 aliphatic rings. The van der Waals surface area contributed by atoms with E-state index in [4.69, 9.17) is 18.9 Å². The third-order valence-electron chi connectivity index (χ3n) is 13.7. The number of hydrogen-bond acceptors (Lipinski definition) is 12. The van der Waals surface area contributed by atoms with Crippen LogP contribution < -0.4 is 50.2 Å².